The number of para-hydroxylation sites is 1. The minimum absolute atomic E-state index is 0.661. The van der Waals surface area contributed by atoms with Crippen LogP contribution in [0.2, 0.25) is 5.02 Å². The molecule has 0 amide bonds. The quantitative estimate of drug-likeness (QED) is 0.399. The Labute approximate surface area is 143 Å². The standard InChI is InChI=1S/C19H14ClN3O/c1-12(19-10-13-4-2-3-5-18(13)24-19)22-23-16-8-9-21-17-11-14(20)6-7-15(16)17/h2-11H,1H3,(H,21,23)/b22-12+. The number of aromatic nitrogens is 1. The Kier molecular flexibility index (Phi) is 3.67. The van der Waals surface area contributed by atoms with Gasteiger partial charge in [0.15, 0.2) is 5.76 Å². The molecule has 2 aromatic carbocycles. The highest BCUT2D eigenvalue weighted by Crippen LogP contribution is 2.25. The summed E-state index contributed by atoms with van der Waals surface area (Å²) in [4.78, 5) is 4.33. The highest BCUT2D eigenvalue weighted by molar-refractivity contribution is 6.31. The number of hydrazone groups is 1. The first-order chi connectivity index (χ1) is 11.7. The molecule has 0 radical (unpaired) electrons. The van der Waals surface area contributed by atoms with Crippen LogP contribution in [-0.2, 0) is 0 Å². The van der Waals surface area contributed by atoms with E-state index in [0.29, 0.717) is 5.02 Å². The van der Waals surface area contributed by atoms with Gasteiger partial charge >= 0.3 is 0 Å². The number of hydrogen-bond donors (Lipinski definition) is 1. The Morgan fingerprint density at radius 3 is 2.88 bits per heavy atom. The van der Waals surface area contributed by atoms with Crippen molar-refractivity contribution < 1.29 is 4.42 Å². The zero-order valence-electron chi connectivity index (χ0n) is 13.0. The first kappa shape index (κ1) is 14.7. The predicted molar refractivity (Wildman–Crippen MR) is 98.8 cm³/mol. The lowest BCUT2D eigenvalue weighted by atomic mass is 10.2. The van der Waals surface area contributed by atoms with Crippen LogP contribution in [0.25, 0.3) is 21.9 Å². The summed E-state index contributed by atoms with van der Waals surface area (Å²) in [5.41, 5.74) is 6.41. The SMILES string of the molecule is C/C(=N\Nc1ccnc2cc(Cl)ccc12)c1cc2ccccc2o1. The second-order valence-electron chi connectivity index (χ2n) is 5.48. The van der Waals surface area contributed by atoms with Crippen molar-refractivity contribution in [1.29, 1.82) is 0 Å². The first-order valence-corrected chi connectivity index (χ1v) is 7.92. The van der Waals surface area contributed by atoms with Gasteiger partial charge in [0, 0.05) is 22.0 Å². The average molecular weight is 336 g/mol. The molecule has 0 spiro atoms. The second kappa shape index (κ2) is 5.98. The fourth-order valence-electron chi connectivity index (χ4n) is 2.58. The van der Waals surface area contributed by atoms with Crippen LogP contribution in [0.5, 0.6) is 0 Å². The zero-order valence-corrected chi connectivity index (χ0v) is 13.7. The van der Waals surface area contributed by atoms with Crippen LogP contribution in [0.15, 0.2) is 70.3 Å². The van der Waals surface area contributed by atoms with Gasteiger partial charge in [0.2, 0.25) is 0 Å². The van der Waals surface area contributed by atoms with E-state index >= 15 is 0 Å². The number of nitrogens with zero attached hydrogens (tertiary/aromatic N) is 2. The second-order valence-corrected chi connectivity index (χ2v) is 5.91. The van der Waals surface area contributed by atoms with E-state index in [1.807, 2.05) is 61.5 Å². The summed E-state index contributed by atoms with van der Waals surface area (Å²) in [6.45, 7) is 1.91. The molecule has 0 unspecified atom stereocenters. The van der Waals surface area contributed by atoms with Gasteiger partial charge < -0.3 is 4.42 Å². The molecule has 4 rings (SSSR count). The van der Waals surface area contributed by atoms with E-state index < -0.39 is 0 Å². The van der Waals surface area contributed by atoms with Gasteiger partial charge in [-0.2, -0.15) is 5.10 Å². The molecule has 4 nitrogen and oxygen atoms in total. The molecule has 0 bridgehead atoms. The van der Waals surface area contributed by atoms with Crippen molar-refractivity contribution in [2.45, 2.75) is 6.92 Å². The fourth-order valence-corrected chi connectivity index (χ4v) is 2.74. The number of hydrogen-bond acceptors (Lipinski definition) is 4. The maximum Gasteiger partial charge on any atom is 0.151 e. The summed E-state index contributed by atoms with van der Waals surface area (Å²) in [6.07, 6.45) is 1.73. The Balaban J connectivity index is 1.67. The van der Waals surface area contributed by atoms with Crippen LogP contribution in [0.1, 0.15) is 12.7 Å². The Morgan fingerprint density at radius 2 is 2.00 bits per heavy atom. The topological polar surface area (TPSA) is 50.4 Å². The molecule has 2 heterocycles. The van der Waals surface area contributed by atoms with E-state index in [9.17, 15) is 0 Å². The van der Waals surface area contributed by atoms with Crippen molar-refractivity contribution >= 4 is 44.9 Å². The lowest BCUT2D eigenvalue weighted by Crippen LogP contribution is -1.99. The van der Waals surface area contributed by atoms with Crippen LogP contribution < -0.4 is 5.43 Å². The summed E-state index contributed by atoms with van der Waals surface area (Å²) >= 11 is 6.02. The lowest BCUT2D eigenvalue weighted by Gasteiger charge is -2.06. The minimum atomic E-state index is 0.661. The number of fused-ring (bicyclic) bond motifs is 2. The van der Waals surface area contributed by atoms with E-state index in [2.05, 4.69) is 15.5 Å². The summed E-state index contributed by atoms with van der Waals surface area (Å²) in [6, 6.07) is 17.4. The van der Waals surface area contributed by atoms with E-state index in [0.717, 1.165) is 39.0 Å². The van der Waals surface area contributed by atoms with Crippen LogP contribution in [0.3, 0.4) is 0 Å². The molecule has 4 aromatic rings. The van der Waals surface area contributed by atoms with Crippen molar-refractivity contribution in [2.24, 2.45) is 5.10 Å². The van der Waals surface area contributed by atoms with Crippen LogP contribution >= 0.6 is 11.6 Å². The summed E-state index contributed by atoms with van der Waals surface area (Å²) < 4.78 is 5.82. The van der Waals surface area contributed by atoms with Crippen LogP contribution in [0.4, 0.5) is 5.69 Å². The van der Waals surface area contributed by atoms with E-state index in [1.54, 1.807) is 6.20 Å². The predicted octanol–water partition coefficient (Wildman–Crippen LogP) is 5.47. The molecule has 0 atom stereocenters. The van der Waals surface area contributed by atoms with E-state index in [1.165, 1.54) is 0 Å². The third-order valence-corrected chi connectivity index (χ3v) is 4.07. The average Bonchev–Trinajstić information content (AvgIpc) is 3.03. The first-order valence-electron chi connectivity index (χ1n) is 7.54. The largest absolute Gasteiger partial charge is 0.455 e. The molecule has 0 aliphatic carbocycles. The minimum Gasteiger partial charge on any atom is -0.455 e. The highest BCUT2D eigenvalue weighted by Gasteiger charge is 2.07. The molecule has 118 valence electrons. The zero-order chi connectivity index (χ0) is 16.5. The van der Waals surface area contributed by atoms with E-state index in [-0.39, 0.29) is 0 Å². The Bertz CT molecular complexity index is 1040. The third-order valence-electron chi connectivity index (χ3n) is 3.83. The van der Waals surface area contributed by atoms with Crippen molar-refractivity contribution in [3.63, 3.8) is 0 Å². The summed E-state index contributed by atoms with van der Waals surface area (Å²) in [5, 5.41) is 7.13. The molecule has 24 heavy (non-hydrogen) atoms. The van der Waals surface area contributed by atoms with Crippen molar-refractivity contribution in [1.82, 2.24) is 4.98 Å². The van der Waals surface area contributed by atoms with E-state index in [4.69, 9.17) is 16.0 Å². The van der Waals surface area contributed by atoms with Gasteiger partial charge in [-0.05, 0) is 43.3 Å². The molecule has 0 saturated heterocycles. The third kappa shape index (κ3) is 2.72. The van der Waals surface area contributed by atoms with Gasteiger partial charge in [-0.25, -0.2) is 0 Å². The van der Waals surface area contributed by atoms with Gasteiger partial charge in [0.05, 0.1) is 11.2 Å². The molecular formula is C19H14ClN3O. The normalized spacial score (nSPS) is 12.0. The number of benzene rings is 2. The molecule has 5 heteroatoms. The molecule has 2 aromatic heterocycles. The van der Waals surface area contributed by atoms with Gasteiger partial charge in [0.1, 0.15) is 11.3 Å². The van der Waals surface area contributed by atoms with Gasteiger partial charge in [-0.3, -0.25) is 10.4 Å². The Hall–Kier alpha value is -2.85. The molecule has 0 fully saturated rings. The fraction of sp³-hybridized carbons (Fsp3) is 0.0526. The maximum atomic E-state index is 6.02. The summed E-state index contributed by atoms with van der Waals surface area (Å²) in [7, 11) is 0. The number of pyridine rings is 1. The smallest absolute Gasteiger partial charge is 0.151 e. The molecule has 1 N–H and O–H groups in total. The monoisotopic (exact) mass is 335 g/mol. The van der Waals surface area contributed by atoms with Crippen molar-refractivity contribution in [3.8, 4) is 0 Å². The lowest BCUT2D eigenvalue weighted by molar-refractivity contribution is 0.604. The molecular weight excluding hydrogens is 322 g/mol. The number of furan rings is 1. The van der Waals surface area contributed by atoms with Crippen LogP contribution in [-0.4, -0.2) is 10.7 Å². The van der Waals surface area contributed by atoms with Crippen LogP contribution in [0, 0.1) is 0 Å². The van der Waals surface area contributed by atoms with Gasteiger partial charge in [-0.15, -0.1) is 0 Å². The van der Waals surface area contributed by atoms with Gasteiger partial charge in [-0.1, -0.05) is 29.8 Å². The van der Waals surface area contributed by atoms with Gasteiger partial charge in [0.25, 0.3) is 0 Å². The maximum absolute atomic E-state index is 6.02. The summed E-state index contributed by atoms with van der Waals surface area (Å²) in [5.74, 6) is 0.741. The number of anilines is 1. The number of halogens is 1. The molecule has 0 aliphatic heterocycles. The Morgan fingerprint density at radius 1 is 1.12 bits per heavy atom. The van der Waals surface area contributed by atoms with Crippen molar-refractivity contribution in [2.75, 3.05) is 5.43 Å². The number of nitrogens with one attached hydrogen (secondary N) is 1. The number of rotatable bonds is 3. The molecule has 0 saturated carbocycles. The highest BCUT2D eigenvalue weighted by atomic mass is 35.5. The van der Waals surface area contributed by atoms with Crippen molar-refractivity contribution in [3.05, 3.63) is 71.6 Å². The molecule has 0 aliphatic rings.